The number of hydrogen-bond acceptors (Lipinski definition) is 7. The monoisotopic (exact) mass is 221 g/mol. The Hall–Kier alpha value is -2.38. The molecule has 0 atom stereocenters. The highest BCUT2D eigenvalue weighted by Gasteiger charge is 2.05. The second-order valence-electron chi connectivity index (χ2n) is 3.00. The minimum atomic E-state index is 0.0882. The molecule has 84 valence electrons. The minimum absolute atomic E-state index is 0.0882. The van der Waals surface area contributed by atoms with Crippen molar-refractivity contribution >= 4 is 17.7 Å². The van der Waals surface area contributed by atoms with E-state index in [4.69, 9.17) is 10.5 Å². The van der Waals surface area contributed by atoms with Crippen molar-refractivity contribution in [2.75, 3.05) is 18.2 Å². The summed E-state index contributed by atoms with van der Waals surface area (Å²) in [5, 5.41) is 7.00. The van der Waals surface area contributed by atoms with E-state index in [9.17, 15) is 0 Å². The zero-order valence-electron chi connectivity index (χ0n) is 8.88. The van der Waals surface area contributed by atoms with E-state index < -0.39 is 0 Å². The topological polar surface area (TPSA) is 104 Å². The van der Waals surface area contributed by atoms with Crippen LogP contribution in [0.15, 0.2) is 12.3 Å². The smallest absolute Gasteiger partial charge is 0.322 e. The van der Waals surface area contributed by atoms with Crippen LogP contribution in [0.1, 0.15) is 0 Å². The molecule has 0 aromatic carbocycles. The predicted molar refractivity (Wildman–Crippen MR) is 57.3 cm³/mol. The number of nitrogen functional groups attached to an aromatic ring is 1. The zero-order valence-corrected chi connectivity index (χ0v) is 8.88. The molecule has 0 saturated heterocycles. The van der Waals surface area contributed by atoms with Gasteiger partial charge >= 0.3 is 6.01 Å². The van der Waals surface area contributed by atoms with E-state index in [1.807, 2.05) is 7.05 Å². The van der Waals surface area contributed by atoms with Crippen molar-refractivity contribution < 1.29 is 4.74 Å². The average molecular weight is 221 g/mol. The molecule has 2 rings (SSSR count). The fourth-order valence-corrected chi connectivity index (χ4v) is 1.12. The first-order valence-electron chi connectivity index (χ1n) is 4.49. The fourth-order valence-electron chi connectivity index (χ4n) is 1.12. The molecule has 0 bridgehead atoms. The van der Waals surface area contributed by atoms with E-state index in [0.717, 1.165) is 0 Å². The quantitative estimate of drug-likeness (QED) is 0.748. The number of aryl methyl sites for hydroxylation is 1. The summed E-state index contributed by atoms with van der Waals surface area (Å²) in [6, 6.07) is 1.94. The van der Waals surface area contributed by atoms with E-state index in [-0.39, 0.29) is 12.0 Å². The number of nitrogens with one attached hydrogen (secondary N) is 1. The lowest BCUT2D eigenvalue weighted by Gasteiger charge is -2.03. The summed E-state index contributed by atoms with van der Waals surface area (Å²) < 4.78 is 6.53. The molecular weight excluding hydrogens is 210 g/mol. The van der Waals surface area contributed by atoms with E-state index in [0.29, 0.717) is 11.8 Å². The number of anilines is 3. The molecular formula is C8H11N7O. The molecule has 0 aliphatic rings. The van der Waals surface area contributed by atoms with Crippen LogP contribution >= 0.6 is 0 Å². The third kappa shape index (κ3) is 2.16. The van der Waals surface area contributed by atoms with Gasteiger partial charge in [0.15, 0.2) is 5.82 Å². The van der Waals surface area contributed by atoms with Gasteiger partial charge in [0.2, 0.25) is 11.9 Å². The first-order valence-corrected chi connectivity index (χ1v) is 4.49. The van der Waals surface area contributed by atoms with Crippen molar-refractivity contribution in [3.8, 4) is 6.01 Å². The zero-order chi connectivity index (χ0) is 11.5. The molecule has 0 saturated carbocycles. The summed E-state index contributed by atoms with van der Waals surface area (Å²) in [5.74, 6) is 1.00. The van der Waals surface area contributed by atoms with Gasteiger partial charge in [-0.3, -0.25) is 4.68 Å². The molecule has 0 aliphatic heterocycles. The van der Waals surface area contributed by atoms with Crippen LogP contribution in [-0.2, 0) is 7.05 Å². The van der Waals surface area contributed by atoms with Crippen LogP contribution in [0.25, 0.3) is 0 Å². The molecule has 3 N–H and O–H groups in total. The molecule has 0 amide bonds. The molecule has 0 radical (unpaired) electrons. The number of rotatable bonds is 3. The highest BCUT2D eigenvalue weighted by atomic mass is 16.5. The maximum absolute atomic E-state index is 5.49. The van der Waals surface area contributed by atoms with Crippen molar-refractivity contribution in [2.24, 2.45) is 7.05 Å². The summed E-state index contributed by atoms with van der Waals surface area (Å²) in [6.07, 6.45) is 1.80. The van der Waals surface area contributed by atoms with Crippen LogP contribution in [0.2, 0.25) is 0 Å². The normalized spacial score (nSPS) is 10.1. The first-order chi connectivity index (χ1) is 7.67. The van der Waals surface area contributed by atoms with Gasteiger partial charge in [0.25, 0.3) is 0 Å². The highest BCUT2D eigenvalue weighted by molar-refractivity contribution is 5.48. The molecule has 8 nitrogen and oxygen atoms in total. The number of nitrogens with two attached hydrogens (primary N) is 1. The largest absolute Gasteiger partial charge is 0.467 e. The second kappa shape index (κ2) is 4.01. The highest BCUT2D eigenvalue weighted by Crippen LogP contribution is 2.12. The van der Waals surface area contributed by atoms with Gasteiger partial charge in [-0.1, -0.05) is 0 Å². The van der Waals surface area contributed by atoms with Gasteiger partial charge in [-0.25, -0.2) is 0 Å². The average Bonchev–Trinajstić information content (AvgIpc) is 2.63. The number of methoxy groups -OCH3 is 1. The lowest BCUT2D eigenvalue weighted by molar-refractivity contribution is 0.380. The fraction of sp³-hybridized carbons (Fsp3) is 0.250. The van der Waals surface area contributed by atoms with E-state index >= 15 is 0 Å². The second-order valence-corrected chi connectivity index (χ2v) is 3.00. The van der Waals surface area contributed by atoms with Gasteiger partial charge in [-0.2, -0.15) is 20.1 Å². The Labute approximate surface area is 91.5 Å². The Bertz CT molecular complexity index is 495. The van der Waals surface area contributed by atoms with Gasteiger partial charge in [0.1, 0.15) is 0 Å². The molecule has 0 fully saturated rings. The molecule has 8 heteroatoms. The van der Waals surface area contributed by atoms with Crippen LogP contribution in [0.4, 0.5) is 17.7 Å². The Balaban J connectivity index is 2.24. The Morgan fingerprint density at radius 2 is 2.19 bits per heavy atom. The Morgan fingerprint density at radius 1 is 1.38 bits per heavy atom. The maximum Gasteiger partial charge on any atom is 0.322 e. The molecule has 16 heavy (non-hydrogen) atoms. The molecule has 2 heterocycles. The maximum atomic E-state index is 5.49. The van der Waals surface area contributed by atoms with Crippen molar-refractivity contribution in [3.05, 3.63) is 12.3 Å². The van der Waals surface area contributed by atoms with Gasteiger partial charge in [-0.05, 0) is 0 Å². The predicted octanol–water partition coefficient (Wildman–Crippen LogP) is -0.0605. The number of hydrogen-bond donors (Lipinski definition) is 2. The van der Waals surface area contributed by atoms with Gasteiger partial charge in [0.05, 0.1) is 7.11 Å². The molecule has 0 aliphatic carbocycles. The Morgan fingerprint density at radius 3 is 2.81 bits per heavy atom. The SMILES string of the molecule is COc1nc(N)nc(Nc2ccn(C)n2)n1. The van der Waals surface area contributed by atoms with Crippen molar-refractivity contribution in [2.45, 2.75) is 0 Å². The van der Waals surface area contributed by atoms with E-state index in [1.165, 1.54) is 7.11 Å². The summed E-state index contributed by atoms with van der Waals surface area (Å²) in [7, 11) is 3.27. The van der Waals surface area contributed by atoms with Crippen LogP contribution in [0, 0.1) is 0 Å². The number of aromatic nitrogens is 5. The van der Waals surface area contributed by atoms with E-state index in [2.05, 4.69) is 25.4 Å². The third-order valence-electron chi connectivity index (χ3n) is 1.77. The molecule has 2 aromatic rings. The van der Waals surface area contributed by atoms with Crippen LogP contribution in [-0.4, -0.2) is 31.8 Å². The Kier molecular flexibility index (Phi) is 2.54. The lowest BCUT2D eigenvalue weighted by atomic mass is 10.6. The van der Waals surface area contributed by atoms with Crippen molar-refractivity contribution in [1.29, 1.82) is 0 Å². The number of nitrogens with zero attached hydrogens (tertiary/aromatic N) is 5. The first kappa shape index (κ1) is 10.1. The van der Waals surface area contributed by atoms with Crippen LogP contribution < -0.4 is 15.8 Å². The summed E-state index contributed by atoms with van der Waals surface area (Å²) in [6.45, 7) is 0. The van der Waals surface area contributed by atoms with Crippen molar-refractivity contribution in [1.82, 2.24) is 24.7 Å². The van der Waals surface area contributed by atoms with Crippen LogP contribution in [0.5, 0.6) is 6.01 Å². The molecule has 2 aromatic heterocycles. The van der Waals surface area contributed by atoms with Crippen LogP contribution in [0.3, 0.4) is 0 Å². The summed E-state index contributed by atoms with van der Waals surface area (Å²) in [5.41, 5.74) is 5.49. The van der Waals surface area contributed by atoms with E-state index in [1.54, 1.807) is 16.9 Å². The third-order valence-corrected chi connectivity index (χ3v) is 1.77. The molecule has 0 unspecified atom stereocenters. The van der Waals surface area contributed by atoms with Gasteiger partial charge in [-0.15, -0.1) is 0 Å². The minimum Gasteiger partial charge on any atom is -0.467 e. The standard InChI is InChI=1S/C8H11N7O/c1-15-4-3-5(14-15)10-7-11-6(9)12-8(13-7)16-2/h3-4H,1-2H3,(H3,9,10,11,12,13,14). The summed E-state index contributed by atoms with van der Waals surface area (Å²) >= 11 is 0. The van der Waals surface area contributed by atoms with Gasteiger partial charge in [0, 0.05) is 19.3 Å². The molecule has 0 spiro atoms. The number of ether oxygens (including phenoxy) is 1. The van der Waals surface area contributed by atoms with Gasteiger partial charge < -0.3 is 15.8 Å². The van der Waals surface area contributed by atoms with Crippen molar-refractivity contribution in [3.63, 3.8) is 0 Å². The summed E-state index contributed by atoms with van der Waals surface area (Å²) in [4.78, 5) is 11.6. The lowest BCUT2D eigenvalue weighted by Crippen LogP contribution is -2.05.